The zero-order valence-corrected chi connectivity index (χ0v) is 16.6. The second-order valence-electron chi connectivity index (χ2n) is 6.51. The Labute approximate surface area is 167 Å². The van der Waals surface area contributed by atoms with Gasteiger partial charge in [-0.05, 0) is 43.6 Å². The van der Waals surface area contributed by atoms with E-state index in [4.69, 9.17) is 17.0 Å². The van der Waals surface area contributed by atoms with Gasteiger partial charge in [0.25, 0.3) is 0 Å². The van der Waals surface area contributed by atoms with Crippen LogP contribution in [0.15, 0.2) is 36.7 Å². The van der Waals surface area contributed by atoms with Crippen LogP contribution in [0.3, 0.4) is 0 Å². The molecule has 4 rings (SSSR count). The summed E-state index contributed by atoms with van der Waals surface area (Å²) in [5, 5.41) is 3.69. The predicted octanol–water partition coefficient (Wildman–Crippen LogP) is 3.64. The Morgan fingerprint density at radius 1 is 1.33 bits per heavy atom. The molecule has 8 heteroatoms. The maximum atomic E-state index is 5.59. The standard InChI is InChI=1S/C19H21N5OS2/c1-12-4-2-5-13(8-12)16-9-15-17(27-16)18(22-11-21-15)23-24-19(26)20-10-14-6-3-7-25-14/h2,4-5,8-9,11,14H,3,6-7,10H2,1H3,(H2,20,24,26)(H,21,22,23). The van der Waals surface area contributed by atoms with Crippen molar-refractivity contribution in [2.45, 2.75) is 25.9 Å². The Morgan fingerprint density at radius 3 is 3.07 bits per heavy atom. The molecule has 0 radical (unpaired) electrons. The molecule has 140 valence electrons. The van der Waals surface area contributed by atoms with Gasteiger partial charge in [-0.1, -0.05) is 29.8 Å². The highest BCUT2D eigenvalue weighted by atomic mass is 32.1. The van der Waals surface area contributed by atoms with Gasteiger partial charge in [-0.15, -0.1) is 11.3 Å². The van der Waals surface area contributed by atoms with E-state index in [2.05, 4.69) is 63.4 Å². The van der Waals surface area contributed by atoms with Crippen molar-refractivity contribution in [3.05, 3.63) is 42.2 Å². The van der Waals surface area contributed by atoms with E-state index in [0.29, 0.717) is 17.5 Å². The van der Waals surface area contributed by atoms with Crippen LogP contribution in [0.2, 0.25) is 0 Å². The van der Waals surface area contributed by atoms with Crippen LogP contribution >= 0.6 is 23.6 Å². The maximum Gasteiger partial charge on any atom is 0.185 e. The smallest absolute Gasteiger partial charge is 0.185 e. The van der Waals surface area contributed by atoms with Gasteiger partial charge in [0.15, 0.2) is 10.9 Å². The number of rotatable bonds is 5. The molecule has 6 nitrogen and oxygen atoms in total. The third kappa shape index (κ3) is 4.35. The molecule has 1 aromatic carbocycles. The van der Waals surface area contributed by atoms with Crippen LogP contribution < -0.4 is 16.2 Å². The zero-order valence-electron chi connectivity index (χ0n) is 15.0. The highest BCUT2D eigenvalue weighted by molar-refractivity contribution is 7.80. The number of hydrogen-bond donors (Lipinski definition) is 3. The molecule has 0 amide bonds. The van der Waals surface area contributed by atoms with Gasteiger partial charge in [0.2, 0.25) is 0 Å². The molecule has 0 aliphatic carbocycles. The minimum Gasteiger partial charge on any atom is -0.376 e. The van der Waals surface area contributed by atoms with Gasteiger partial charge in [0, 0.05) is 18.0 Å². The van der Waals surface area contributed by atoms with Crippen LogP contribution in [0.4, 0.5) is 5.82 Å². The van der Waals surface area contributed by atoms with Gasteiger partial charge in [-0.3, -0.25) is 10.9 Å². The number of nitrogens with zero attached hydrogens (tertiary/aromatic N) is 2. The summed E-state index contributed by atoms with van der Waals surface area (Å²) in [5.41, 5.74) is 9.44. The van der Waals surface area contributed by atoms with Crippen LogP contribution in [-0.4, -0.2) is 34.3 Å². The van der Waals surface area contributed by atoms with Gasteiger partial charge < -0.3 is 10.1 Å². The quantitative estimate of drug-likeness (QED) is 0.447. The number of fused-ring (bicyclic) bond motifs is 1. The zero-order chi connectivity index (χ0) is 18.6. The third-order valence-electron chi connectivity index (χ3n) is 4.42. The van der Waals surface area contributed by atoms with E-state index in [1.165, 1.54) is 11.1 Å². The molecule has 1 unspecified atom stereocenters. The van der Waals surface area contributed by atoms with Gasteiger partial charge in [0.1, 0.15) is 6.33 Å². The van der Waals surface area contributed by atoms with Crippen molar-refractivity contribution in [1.82, 2.24) is 20.7 Å². The molecular weight excluding hydrogens is 378 g/mol. The van der Waals surface area contributed by atoms with E-state index in [0.717, 1.165) is 34.5 Å². The minimum absolute atomic E-state index is 0.240. The number of nitrogens with one attached hydrogen (secondary N) is 3. The lowest BCUT2D eigenvalue weighted by molar-refractivity contribution is 0.114. The Hall–Kier alpha value is -2.29. The number of aromatic nitrogens is 2. The number of anilines is 1. The largest absolute Gasteiger partial charge is 0.376 e. The number of ether oxygens (including phenoxy) is 1. The monoisotopic (exact) mass is 399 g/mol. The van der Waals surface area contributed by atoms with Crippen LogP contribution in [0.5, 0.6) is 0 Å². The van der Waals surface area contributed by atoms with E-state index in [9.17, 15) is 0 Å². The number of aryl methyl sites for hydroxylation is 1. The molecule has 1 atom stereocenters. The molecular formula is C19H21N5OS2. The SMILES string of the molecule is Cc1cccc(-c2cc3ncnc(NNC(=S)NCC4CCCO4)c3s2)c1. The van der Waals surface area contributed by atoms with E-state index >= 15 is 0 Å². The molecule has 0 bridgehead atoms. The second-order valence-corrected chi connectivity index (χ2v) is 7.97. The average molecular weight is 400 g/mol. The molecule has 27 heavy (non-hydrogen) atoms. The number of thiophene rings is 1. The first-order chi connectivity index (χ1) is 13.2. The maximum absolute atomic E-state index is 5.59. The lowest BCUT2D eigenvalue weighted by Gasteiger charge is -2.14. The minimum atomic E-state index is 0.240. The van der Waals surface area contributed by atoms with Crippen molar-refractivity contribution in [2.24, 2.45) is 0 Å². The van der Waals surface area contributed by atoms with Gasteiger partial charge >= 0.3 is 0 Å². The Kier molecular flexibility index (Phi) is 5.47. The molecule has 1 fully saturated rings. The van der Waals surface area contributed by atoms with E-state index in [1.54, 1.807) is 17.7 Å². The molecule has 1 aliphatic rings. The van der Waals surface area contributed by atoms with E-state index in [1.807, 2.05) is 0 Å². The average Bonchev–Trinajstić information content (AvgIpc) is 3.34. The van der Waals surface area contributed by atoms with Gasteiger partial charge in [0.05, 0.1) is 16.3 Å². The fraction of sp³-hybridized carbons (Fsp3) is 0.316. The fourth-order valence-electron chi connectivity index (χ4n) is 3.06. The molecule has 0 spiro atoms. The summed E-state index contributed by atoms with van der Waals surface area (Å²) in [6.07, 6.45) is 3.99. The fourth-order valence-corrected chi connectivity index (χ4v) is 4.24. The molecule has 0 saturated carbocycles. The lowest BCUT2D eigenvalue weighted by Crippen LogP contribution is -2.42. The summed E-state index contributed by atoms with van der Waals surface area (Å²) in [6.45, 7) is 3.65. The van der Waals surface area contributed by atoms with Crippen LogP contribution in [0.1, 0.15) is 18.4 Å². The normalized spacial score (nSPS) is 16.4. The van der Waals surface area contributed by atoms with Gasteiger partial charge in [-0.2, -0.15) is 0 Å². The number of hydrogen-bond acceptors (Lipinski definition) is 6. The summed E-state index contributed by atoms with van der Waals surface area (Å²) in [7, 11) is 0. The Bertz CT molecular complexity index is 952. The van der Waals surface area contributed by atoms with Crippen molar-refractivity contribution in [2.75, 3.05) is 18.6 Å². The number of thiocarbonyl (C=S) groups is 1. The van der Waals surface area contributed by atoms with Crippen LogP contribution in [-0.2, 0) is 4.74 Å². The molecule has 3 heterocycles. The second kappa shape index (κ2) is 8.16. The summed E-state index contributed by atoms with van der Waals surface area (Å²) in [4.78, 5) is 9.91. The first-order valence-electron chi connectivity index (χ1n) is 8.92. The third-order valence-corrected chi connectivity index (χ3v) is 5.85. The lowest BCUT2D eigenvalue weighted by atomic mass is 10.1. The summed E-state index contributed by atoms with van der Waals surface area (Å²) < 4.78 is 6.58. The highest BCUT2D eigenvalue weighted by Gasteiger charge is 2.15. The van der Waals surface area contributed by atoms with Crippen LogP contribution in [0.25, 0.3) is 20.7 Å². The highest BCUT2D eigenvalue weighted by Crippen LogP contribution is 2.35. The molecule has 1 aliphatic heterocycles. The van der Waals surface area contributed by atoms with Crippen molar-refractivity contribution in [1.29, 1.82) is 0 Å². The van der Waals surface area contributed by atoms with Gasteiger partial charge in [-0.25, -0.2) is 9.97 Å². The number of benzene rings is 1. The van der Waals surface area contributed by atoms with Crippen molar-refractivity contribution >= 4 is 44.7 Å². The topological polar surface area (TPSA) is 71.1 Å². The molecule has 3 N–H and O–H groups in total. The summed E-state index contributed by atoms with van der Waals surface area (Å²) in [5.74, 6) is 0.713. The molecule has 1 saturated heterocycles. The predicted molar refractivity (Wildman–Crippen MR) is 114 cm³/mol. The Morgan fingerprint density at radius 2 is 2.26 bits per heavy atom. The Balaban J connectivity index is 1.44. The first-order valence-corrected chi connectivity index (χ1v) is 10.1. The summed E-state index contributed by atoms with van der Waals surface area (Å²) >= 11 is 6.99. The first kappa shape index (κ1) is 18.1. The van der Waals surface area contributed by atoms with Crippen molar-refractivity contribution in [3.8, 4) is 10.4 Å². The molecule has 2 aromatic heterocycles. The summed E-state index contributed by atoms with van der Waals surface area (Å²) in [6, 6.07) is 10.5. The van der Waals surface area contributed by atoms with E-state index in [-0.39, 0.29) is 6.10 Å². The van der Waals surface area contributed by atoms with Crippen LogP contribution in [0, 0.1) is 6.92 Å². The van der Waals surface area contributed by atoms with E-state index < -0.39 is 0 Å². The number of hydrazine groups is 1. The molecule has 3 aromatic rings. The van der Waals surface area contributed by atoms with Crippen molar-refractivity contribution < 1.29 is 4.74 Å². The van der Waals surface area contributed by atoms with Crippen molar-refractivity contribution in [3.63, 3.8) is 0 Å².